The molecule has 3 rings (SSSR count). The maximum Gasteiger partial charge on any atom is 0.528 e. The molecule has 2 saturated heterocycles. The summed E-state index contributed by atoms with van der Waals surface area (Å²) >= 11 is 0. The molecule has 212 valence electrons. The van der Waals surface area contributed by atoms with Crippen molar-refractivity contribution in [1.29, 1.82) is 0 Å². The van der Waals surface area contributed by atoms with Gasteiger partial charge in [0.2, 0.25) is 5.91 Å². The van der Waals surface area contributed by atoms with E-state index in [0.717, 1.165) is 11.6 Å². The fourth-order valence-corrected chi connectivity index (χ4v) is 5.48. The molecular formula is C27H42N2O8Si. The minimum Gasteiger partial charge on any atom is -0.493 e. The van der Waals surface area contributed by atoms with Crippen LogP contribution in [0.2, 0.25) is 25.7 Å². The molecule has 0 spiro atoms. The minimum atomic E-state index is -1.25. The van der Waals surface area contributed by atoms with Crippen LogP contribution >= 0.6 is 0 Å². The topological polar surface area (TPSA) is 104 Å². The summed E-state index contributed by atoms with van der Waals surface area (Å²) in [5.41, 5.74) is 0.128. The predicted octanol–water partition coefficient (Wildman–Crippen LogP) is 3.90. The quantitative estimate of drug-likeness (QED) is 0.166. The Labute approximate surface area is 226 Å². The van der Waals surface area contributed by atoms with Crippen LogP contribution in [0.5, 0.6) is 11.5 Å². The van der Waals surface area contributed by atoms with Crippen molar-refractivity contribution in [2.24, 2.45) is 5.92 Å². The molecule has 2 aliphatic rings. The number of hydrogen-bond acceptors (Lipinski definition) is 9. The van der Waals surface area contributed by atoms with Crippen LogP contribution in [-0.4, -0.2) is 87.5 Å². The minimum absolute atomic E-state index is 0.0335. The molecule has 38 heavy (non-hydrogen) atoms. The third-order valence-electron chi connectivity index (χ3n) is 6.56. The number of fused-ring (bicyclic) bond motifs is 1. The molecule has 10 nitrogen and oxygen atoms in total. The van der Waals surface area contributed by atoms with Gasteiger partial charge < -0.3 is 28.7 Å². The van der Waals surface area contributed by atoms with Gasteiger partial charge in [-0.3, -0.25) is 9.59 Å². The van der Waals surface area contributed by atoms with Crippen molar-refractivity contribution in [3.05, 3.63) is 23.8 Å². The molecule has 0 N–H and O–H groups in total. The number of hydrogen-bond donors (Lipinski definition) is 0. The molecule has 3 atom stereocenters. The lowest BCUT2D eigenvalue weighted by Crippen LogP contribution is -2.67. The summed E-state index contributed by atoms with van der Waals surface area (Å²) in [4.78, 5) is 45.6. The second-order valence-corrected chi connectivity index (χ2v) is 17.7. The molecule has 0 bridgehead atoms. The van der Waals surface area contributed by atoms with Gasteiger partial charge in [-0.05, 0) is 44.5 Å². The number of ether oxygens (including phenoxy) is 4. The zero-order valence-corrected chi connectivity index (χ0v) is 24.9. The van der Waals surface area contributed by atoms with Crippen molar-refractivity contribution in [3.63, 3.8) is 0 Å². The van der Waals surface area contributed by atoms with E-state index < -0.39 is 25.9 Å². The van der Waals surface area contributed by atoms with Gasteiger partial charge in [0.1, 0.15) is 18.2 Å². The smallest absolute Gasteiger partial charge is 0.493 e. The number of benzene rings is 1. The first-order valence-electron chi connectivity index (χ1n) is 13.0. The summed E-state index contributed by atoms with van der Waals surface area (Å²) in [7, 11) is 1.87. The number of ketones is 1. The zero-order chi connectivity index (χ0) is 28.3. The maximum atomic E-state index is 13.2. The summed E-state index contributed by atoms with van der Waals surface area (Å²) in [5.74, 6) is 0.745. The lowest BCUT2D eigenvalue weighted by atomic mass is 9.85. The Morgan fingerprint density at radius 3 is 2.37 bits per heavy atom. The van der Waals surface area contributed by atoms with Gasteiger partial charge in [0.25, 0.3) is 0 Å². The number of methoxy groups -OCH3 is 2. The molecule has 1 aromatic carbocycles. The van der Waals surface area contributed by atoms with Crippen LogP contribution in [0.1, 0.15) is 32.8 Å². The Morgan fingerprint density at radius 2 is 1.76 bits per heavy atom. The number of amides is 1. The van der Waals surface area contributed by atoms with Gasteiger partial charge in [0, 0.05) is 40.1 Å². The largest absolute Gasteiger partial charge is 0.528 e. The van der Waals surface area contributed by atoms with Gasteiger partial charge in [0.15, 0.2) is 17.3 Å². The monoisotopic (exact) mass is 550 g/mol. The van der Waals surface area contributed by atoms with Gasteiger partial charge in [0.05, 0.1) is 20.3 Å². The lowest BCUT2D eigenvalue weighted by Gasteiger charge is -2.46. The third kappa shape index (κ3) is 7.70. The van der Waals surface area contributed by atoms with Crippen LogP contribution in [0.15, 0.2) is 18.2 Å². The highest BCUT2D eigenvalue weighted by molar-refractivity contribution is 6.76. The summed E-state index contributed by atoms with van der Waals surface area (Å²) in [6.45, 7) is 13.2. The van der Waals surface area contributed by atoms with E-state index in [2.05, 4.69) is 19.6 Å². The van der Waals surface area contributed by atoms with E-state index in [1.807, 2.05) is 12.1 Å². The molecule has 1 amide bonds. The molecule has 0 unspecified atom stereocenters. The number of carbonyl (C=O) groups is 3. The molecule has 1 aromatic rings. The van der Waals surface area contributed by atoms with E-state index in [4.69, 9.17) is 23.8 Å². The molecular weight excluding hydrogens is 508 g/mol. The van der Waals surface area contributed by atoms with Gasteiger partial charge in [-0.15, -0.1) is 5.06 Å². The van der Waals surface area contributed by atoms with E-state index in [0.29, 0.717) is 24.7 Å². The average molecular weight is 551 g/mol. The summed E-state index contributed by atoms with van der Waals surface area (Å²) in [6.07, 6.45) is -0.651. The SMILES string of the molecule is COc1ccc(CN2C(=O)[C@@H]3[C@H]2[C@H](CC(=O)COCC[Si](C)(C)C)CN3OC(=O)OC(C)(C)C)cc1OC. The fraction of sp³-hybridized carbons (Fsp3) is 0.667. The number of carbonyl (C=O) groups excluding carboxylic acids is 3. The van der Waals surface area contributed by atoms with Gasteiger partial charge in [-0.2, -0.15) is 0 Å². The van der Waals surface area contributed by atoms with E-state index >= 15 is 0 Å². The molecule has 11 heteroatoms. The summed E-state index contributed by atoms with van der Waals surface area (Å²) in [6, 6.07) is 5.53. The highest BCUT2D eigenvalue weighted by Gasteiger charge is 2.60. The number of nitrogens with zero attached hydrogens (tertiary/aromatic N) is 2. The zero-order valence-electron chi connectivity index (χ0n) is 23.9. The fourth-order valence-electron chi connectivity index (χ4n) is 4.73. The Hall–Kier alpha value is -2.63. The third-order valence-corrected chi connectivity index (χ3v) is 8.26. The Kier molecular flexibility index (Phi) is 9.48. The van der Waals surface area contributed by atoms with Crippen molar-refractivity contribution in [2.45, 2.75) is 77.1 Å². The lowest BCUT2D eigenvalue weighted by molar-refractivity contribution is -0.191. The molecule has 2 fully saturated rings. The van der Waals surface area contributed by atoms with Crippen molar-refractivity contribution >= 4 is 25.9 Å². The molecule has 0 aromatic heterocycles. The predicted molar refractivity (Wildman–Crippen MR) is 144 cm³/mol. The van der Waals surface area contributed by atoms with E-state index in [1.54, 1.807) is 46.0 Å². The highest BCUT2D eigenvalue weighted by atomic mass is 28.3. The van der Waals surface area contributed by atoms with Gasteiger partial charge >= 0.3 is 6.16 Å². The first kappa shape index (κ1) is 29.9. The van der Waals surface area contributed by atoms with E-state index in [-0.39, 0.29) is 43.2 Å². The maximum absolute atomic E-state index is 13.2. The van der Waals surface area contributed by atoms with E-state index in [1.165, 1.54) is 5.06 Å². The average Bonchev–Trinajstić information content (AvgIpc) is 3.11. The molecule has 2 aliphatic heterocycles. The number of likely N-dealkylation sites (tertiary alicyclic amines) is 1. The summed E-state index contributed by atoms with van der Waals surface area (Å²) in [5, 5.41) is 1.37. The first-order chi connectivity index (χ1) is 17.7. The number of β-lactam (4-membered cyclic amide) rings is 1. The van der Waals surface area contributed by atoms with Crippen LogP contribution in [0.3, 0.4) is 0 Å². The number of hydroxylamine groups is 2. The normalized spacial score (nSPS) is 21.5. The standard InChI is InChI=1S/C27H42N2O8Si/c1-27(2,3)36-26(32)37-29-16-19(14-20(30)17-35-11-12-38(6,7)8)23-24(29)25(31)28(23)15-18-9-10-21(33-4)22(13-18)34-5/h9-10,13,19,23-24H,11-12,14-17H2,1-8H3/t19-,23-,24+/m1/s1. The molecule has 0 radical (unpaired) electrons. The van der Waals surface area contributed by atoms with Crippen molar-refractivity contribution in [1.82, 2.24) is 9.96 Å². The molecule has 0 aliphatic carbocycles. The number of Topliss-reactive ketones (excluding diaryl/α,β-unsaturated/α-hetero) is 1. The van der Waals surface area contributed by atoms with Crippen LogP contribution in [0.4, 0.5) is 4.79 Å². The Bertz CT molecular complexity index is 1020. The summed E-state index contributed by atoms with van der Waals surface area (Å²) < 4.78 is 21.7. The van der Waals surface area contributed by atoms with Crippen LogP contribution in [0.25, 0.3) is 0 Å². The van der Waals surface area contributed by atoms with Gasteiger partial charge in [-0.25, -0.2) is 4.79 Å². The Balaban J connectivity index is 1.71. The molecule has 2 heterocycles. The van der Waals surface area contributed by atoms with Crippen LogP contribution in [0, 0.1) is 5.92 Å². The van der Waals surface area contributed by atoms with E-state index in [9.17, 15) is 14.4 Å². The molecule has 0 saturated carbocycles. The van der Waals surface area contributed by atoms with Crippen molar-refractivity contribution in [2.75, 3.05) is 34.0 Å². The van der Waals surface area contributed by atoms with Crippen molar-refractivity contribution in [3.8, 4) is 11.5 Å². The Morgan fingerprint density at radius 1 is 1.08 bits per heavy atom. The van der Waals surface area contributed by atoms with Crippen LogP contribution < -0.4 is 9.47 Å². The van der Waals surface area contributed by atoms with Gasteiger partial charge in [-0.1, -0.05) is 25.7 Å². The first-order valence-corrected chi connectivity index (χ1v) is 16.7. The highest BCUT2D eigenvalue weighted by Crippen LogP contribution is 2.41. The van der Waals surface area contributed by atoms with Crippen molar-refractivity contribution < 1.29 is 38.2 Å². The van der Waals surface area contributed by atoms with Crippen LogP contribution in [-0.2, 0) is 30.4 Å². The second-order valence-electron chi connectivity index (χ2n) is 12.1. The number of rotatable bonds is 12. The second kappa shape index (κ2) is 12.0.